The molecule has 0 spiro atoms. The van der Waals surface area contributed by atoms with Crippen molar-refractivity contribution in [1.82, 2.24) is 0 Å². The Morgan fingerprint density at radius 1 is 1.06 bits per heavy atom. The summed E-state index contributed by atoms with van der Waals surface area (Å²) in [7, 11) is 0. The van der Waals surface area contributed by atoms with Gasteiger partial charge in [0, 0.05) is 0 Å². The van der Waals surface area contributed by atoms with Crippen LogP contribution < -0.4 is 0 Å². The maximum Gasteiger partial charge on any atom is 0.0964 e. The smallest absolute Gasteiger partial charge is 0.0964 e. The first-order valence-corrected chi connectivity index (χ1v) is 6.27. The van der Waals surface area contributed by atoms with Crippen molar-refractivity contribution >= 4 is 0 Å². The molecule has 0 fully saturated rings. The van der Waals surface area contributed by atoms with Crippen molar-refractivity contribution in [3.05, 3.63) is 58.7 Å². The van der Waals surface area contributed by atoms with Gasteiger partial charge in [-0.1, -0.05) is 36.4 Å². The van der Waals surface area contributed by atoms with Crippen LogP contribution in [0.1, 0.15) is 36.3 Å². The van der Waals surface area contributed by atoms with Crippen LogP contribution in [0.3, 0.4) is 0 Å². The van der Waals surface area contributed by atoms with Crippen LogP contribution in [0.5, 0.6) is 0 Å². The lowest BCUT2D eigenvalue weighted by atomic mass is 9.85. The highest BCUT2D eigenvalue weighted by Crippen LogP contribution is 2.39. The predicted octanol–water partition coefficient (Wildman–Crippen LogP) is 3.89. The molecule has 0 radical (unpaired) electrons. The Labute approximate surface area is 102 Å². The average molecular weight is 221 g/mol. The fourth-order valence-electron chi connectivity index (χ4n) is 2.91. The average Bonchev–Trinajstić information content (AvgIpc) is 2.55. The largest absolute Gasteiger partial charge is 0.197 e. The van der Waals surface area contributed by atoms with Gasteiger partial charge in [-0.25, -0.2) is 0 Å². The van der Waals surface area contributed by atoms with Crippen LogP contribution in [-0.2, 0) is 6.42 Å². The fraction of sp³-hybridized carbons (Fsp3) is 0.312. The Morgan fingerprint density at radius 3 is 2.76 bits per heavy atom. The number of rotatable bonds is 0. The summed E-state index contributed by atoms with van der Waals surface area (Å²) < 4.78 is 0. The molecule has 2 aliphatic carbocycles. The second kappa shape index (κ2) is 4.22. The molecule has 1 aromatic rings. The van der Waals surface area contributed by atoms with Crippen LogP contribution in [0.4, 0.5) is 0 Å². The number of nitrogens with zero attached hydrogens (tertiary/aromatic N) is 1. The summed E-state index contributed by atoms with van der Waals surface area (Å²) in [6.45, 7) is 0. The number of nitriles is 1. The topological polar surface area (TPSA) is 23.8 Å². The van der Waals surface area contributed by atoms with E-state index in [9.17, 15) is 5.26 Å². The van der Waals surface area contributed by atoms with Gasteiger partial charge >= 0.3 is 0 Å². The number of fused-ring (bicyclic) bond motifs is 2. The molecule has 2 aliphatic rings. The van der Waals surface area contributed by atoms with Gasteiger partial charge in [0.2, 0.25) is 0 Å². The zero-order chi connectivity index (χ0) is 11.7. The van der Waals surface area contributed by atoms with Crippen LogP contribution in [0.25, 0.3) is 0 Å². The summed E-state index contributed by atoms with van der Waals surface area (Å²) in [5, 5.41) is 9.48. The van der Waals surface area contributed by atoms with E-state index in [1.807, 2.05) is 6.07 Å². The Balaban J connectivity index is 2.15. The monoisotopic (exact) mass is 221 g/mol. The molecule has 1 atom stereocenters. The zero-order valence-electron chi connectivity index (χ0n) is 9.82. The van der Waals surface area contributed by atoms with Gasteiger partial charge in [0.25, 0.3) is 0 Å². The van der Waals surface area contributed by atoms with Gasteiger partial charge in [0.1, 0.15) is 0 Å². The zero-order valence-corrected chi connectivity index (χ0v) is 9.82. The highest BCUT2D eigenvalue weighted by atomic mass is 14.3. The first-order chi connectivity index (χ1) is 8.40. The molecule has 0 aliphatic heterocycles. The molecule has 0 heterocycles. The molecule has 3 rings (SSSR count). The van der Waals surface area contributed by atoms with Crippen LogP contribution in [0.2, 0.25) is 0 Å². The van der Waals surface area contributed by atoms with E-state index in [1.54, 1.807) is 0 Å². The third kappa shape index (κ3) is 1.70. The molecule has 84 valence electrons. The van der Waals surface area contributed by atoms with Gasteiger partial charge < -0.3 is 0 Å². The van der Waals surface area contributed by atoms with E-state index in [-0.39, 0.29) is 5.92 Å². The van der Waals surface area contributed by atoms with Crippen LogP contribution >= 0.6 is 0 Å². The van der Waals surface area contributed by atoms with E-state index in [0.717, 1.165) is 25.7 Å². The van der Waals surface area contributed by atoms with Gasteiger partial charge in [-0.05, 0) is 48.0 Å². The van der Waals surface area contributed by atoms with Crippen molar-refractivity contribution in [2.75, 3.05) is 0 Å². The van der Waals surface area contributed by atoms with Gasteiger partial charge in [-0.3, -0.25) is 0 Å². The minimum Gasteiger partial charge on any atom is -0.197 e. The molecule has 1 unspecified atom stereocenters. The summed E-state index contributed by atoms with van der Waals surface area (Å²) in [5.41, 5.74) is 5.23. The van der Waals surface area contributed by atoms with Gasteiger partial charge in [0.05, 0.1) is 12.0 Å². The molecule has 0 bridgehead atoms. The second-order valence-corrected chi connectivity index (χ2v) is 4.73. The fourth-order valence-corrected chi connectivity index (χ4v) is 2.91. The quantitative estimate of drug-likeness (QED) is 0.652. The molecule has 0 amide bonds. The minimum atomic E-state index is -0.0553. The van der Waals surface area contributed by atoms with E-state index < -0.39 is 0 Å². The maximum atomic E-state index is 9.48. The normalized spacial score (nSPS) is 22.4. The van der Waals surface area contributed by atoms with Gasteiger partial charge in [0.15, 0.2) is 0 Å². The Bertz CT molecular complexity index is 543. The van der Waals surface area contributed by atoms with Crippen molar-refractivity contribution in [3.8, 4) is 6.07 Å². The number of aryl methyl sites for hydroxylation is 1. The first kappa shape index (κ1) is 10.4. The van der Waals surface area contributed by atoms with Crippen LogP contribution in [-0.4, -0.2) is 0 Å². The molecule has 1 aromatic carbocycles. The van der Waals surface area contributed by atoms with E-state index in [4.69, 9.17) is 0 Å². The van der Waals surface area contributed by atoms with Gasteiger partial charge in [-0.15, -0.1) is 0 Å². The summed E-state index contributed by atoms with van der Waals surface area (Å²) in [4.78, 5) is 0. The standard InChI is InChI=1S/C16H15N/c17-11-16-14-7-3-1-5-12(14)9-10-13-6-2-4-8-15(13)16/h1,3,5-8,16H,2,4,9-10H2. The Hall–Kier alpha value is -1.81. The van der Waals surface area contributed by atoms with E-state index in [1.165, 1.54) is 22.3 Å². The second-order valence-electron chi connectivity index (χ2n) is 4.73. The van der Waals surface area contributed by atoms with Crippen LogP contribution in [0.15, 0.2) is 47.6 Å². The lowest BCUT2D eigenvalue weighted by molar-refractivity contribution is 0.893. The maximum absolute atomic E-state index is 9.48. The number of hydrogen-bond donors (Lipinski definition) is 0. The number of benzene rings is 1. The Morgan fingerprint density at radius 2 is 1.88 bits per heavy atom. The van der Waals surface area contributed by atoms with Crippen molar-refractivity contribution in [2.45, 2.75) is 31.6 Å². The van der Waals surface area contributed by atoms with Crippen molar-refractivity contribution in [1.29, 1.82) is 5.26 Å². The highest BCUT2D eigenvalue weighted by Gasteiger charge is 2.25. The van der Waals surface area contributed by atoms with E-state index in [0.29, 0.717) is 0 Å². The SMILES string of the molecule is N#CC1C2=CCCC=C2CCc2ccccc21. The number of allylic oxidation sites excluding steroid dienone is 4. The lowest BCUT2D eigenvalue weighted by Gasteiger charge is -2.18. The summed E-state index contributed by atoms with van der Waals surface area (Å²) >= 11 is 0. The lowest BCUT2D eigenvalue weighted by Crippen LogP contribution is -2.04. The molecule has 0 aromatic heterocycles. The van der Waals surface area contributed by atoms with Crippen molar-refractivity contribution in [3.63, 3.8) is 0 Å². The van der Waals surface area contributed by atoms with Crippen molar-refractivity contribution in [2.24, 2.45) is 0 Å². The van der Waals surface area contributed by atoms with E-state index >= 15 is 0 Å². The van der Waals surface area contributed by atoms with Crippen LogP contribution in [0, 0.1) is 11.3 Å². The summed E-state index contributed by atoms with van der Waals surface area (Å²) in [5.74, 6) is -0.0553. The van der Waals surface area contributed by atoms with Crippen molar-refractivity contribution < 1.29 is 0 Å². The summed E-state index contributed by atoms with van der Waals surface area (Å²) in [6.07, 6.45) is 8.96. The molecule has 1 nitrogen and oxygen atoms in total. The van der Waals surface area contributed by atoms with Gasteiger partial charge in [-0.2, -0.15) is 5.26 Å². The minimum absolute atomic E-state index is 0.0553. The predicted molar refractivity (Wildman–Crippen MR) is 68.5 cm³/mol. The molecule has 0 saturated carbocycles. The molecular weight excluding hydrogens is 206 g/mol. The third-order valence-corrected chi connectivity index (χ3v) is 3.76. The van der Waals surface area contributed by atoms with E-state index in [2.05, 4.69) is 36.4 Å². The molecule has 17 heavy (non-hydrogen) atoms. The highest BCUT2D eigenvalue weighted by molar-refractivity contribution is 5.51. The summed E-state index contributed by atoms with van der Waals surface area (Å²) in [6, 6.07) is 10.9. The molecule has 0 N–H and O–H groups in total. The molecule has 0 saturated heterocycles. The first-order valence-electron chi connectivity index (χ1n) is 6.27. The molecular formula is C16H15N. The third-order valence-electron chi connectivity index (χ3n) is 3.76. The molecule has 1 heteroatoms. The Kier molecular flexibility index (Phi) is 2.57. The number of hydrogen-bond acceptors (Lipinski definition) is 1.